The Hall–Kier alpha value is -2.34. The second-order valence-corrected chi connectivity index (χ2v) is 6.53. The third kappa shape index (κ3) is 3.37. The lowest BCUT2D eigenvalue weighted by atomic mass is 9.94. The Morgan fingerprint density at radius 1 is 0.565 bits per heavy atom. The first kappa shape index (κ1) is 15.6. The molecule has 23 heavy (non-hydrogen) atoms. The molecule has 0 fully saturated rings. The molecule has 0 nitrogen and oxygen atoms in total. The van der Waals surface area contributed by atoms with Crippen molar-refractivity contribution in [2.24, 2.45) is 0 Å². The smallest absolute Gasteiger partial charge is 0.00230 e. The Kier molecular flexibility index (Phi) is 4.34. The average Bonchev–Trinajstić information content (AvgIpc) is 2.57. The number of rotatable bonds is 3. The van der Waals surface area contributed by atoms with Crippen molar-refractivity contribution in [2.75, 3.05) is 0 Å². The number of hydrogen-bond acceptors (Lipinski definition) is 0. The van der Waals surface area contributed by atoms with E-state index < -0.39 is 0 Å². The van der Waals surface area contributed by atoms with Gasteiger partial charge in [0.15, 0.2) is 0 Å². The van der Waals surface area contributed by atoms with Gasteiger partial charge in [0.1, 0.15) is 0 Å². The molecule has 3 rings (SSSR count). The van der Waals surface area contributed by atoms with E-state index in [1.807, 2.05) is 0 Å². The summed E-state index contributed by atoms with van der Waals surface area (Å²) in [4.78, 5) is 0. The largest absolute Gasteiger partial charge is 0.0588 e. The lowest BCUT2D eigenvalue weighted by Gasteiger charge is -2.12. The molecular weight excluding hydrogens is 276 g/mol. The molecule has 0 radical (unpaired) electrons. The minimum atomic E-state index is 1.00. The molecule has 0 spiro atoms. The van der Waals surface area contributed by atoms with Crippen molar-refractivity contribution in [3.05, 3.63) is 94.0 Å². The summed E-state index contributed by atoms with van der Waals surface area (Å²) in [6.07, 6.45) is 1.00. The lowest BCUT2D eigenvalue weighted by Crippen LogP contribution is -1.96. The fourth-order valence-electron chi connectivity index (χ4n) is 2.98. The minimum Gasteiger partial charge on any atom is -0.0588 e. The molecule has 0 aromatic heterocycles. The van der Waals surface area contributed by atoms with Crippen molar-refractivity contribution in [3.8, 4) is 11.1 Å². The molecule has 0 atom stereocenters. The molecule has 3 aromatic carbocycles. The predicted molar refractivity (Wildman–Crippen MR) is 100 cm³/mol. The molecule has 0 saturated carbocycles. The van der Waals surface area contributed by atoms with E-state index in [1.165, 1.54) is 44.5 Å². The summed E-state index contributed by atoms with van der Waals surface area (Å²) in [5.74, 6) is 0. The quantitative estimate of drug-likeness (QED) is 0.542. The lowest BCUT2D eigenvalue weighted by molar-refractivity contribution is 1.12. The van der Waals surface area contributed by atoms with E-state index in [9.17, 15) is 0 Å². The Bertz CT molecular complexity index is 806. The van der Waals surface area contributed by atoms with Gasteiger partial charge < -0.3 is 0 Å². The zero-order chi connectivity index (χ0) is 16.4. The van der Waals surface area contributed by atoms with Gasteiger partial charge in [-0.1, -0.05) is 66.2 Å². The molecule has 0 saturated heterocycles. The molecule has 0 aliphatic carbocycles. The van der Waals surface area contributed by atoms with E-state index in [-0.39, 0.29) is 0 Å². The SMILES string of the molecule is Cc1ccc(-c2ccc(Cc3ccc(C)c(C)c3C)cc2)cc1. The van der Waals surface area contributed by atoms with E-state index in [0.29, 0.717) is 0 Å². The summed E-state index contributed by atoms with van der Waals surface area (Å²) < 4.78 is 0. The van der Waals surface area contributed by atoms with Crippen LogP contribution in [0, 0.1) is 27.7 Å². The van der Waals surface area contributed by atoms with Gasteiger partial charge in [0, 0.05) is 0 Å². The molecule has 0 heteroatoms. The highest BCUT2D eigenvalue weighted by molar-refractivity contribution is 5.64. The van der Waals surface area contributed by atoms with Crippen LogP contribution in [0.2, 0.25) is 0 Å². The van der Waals surface area contributed by atoms with Gasteiger partial charge in [0.25, 0.3) is 0 Å². The summed E-state index contributed by atoms with van der Waals surface area (Å²) >= 11 is 0. The second-order valence-electron chi connectivity index (χ2n) is 6.53. The van der Waals surface area contributed by atoms with E-state index in [4.69, 9.17) is 0 Å². The zero-order valence-electron chi connectivity index (χ0n) is 14.5. The van der Waals surface area contributed by atoms with E-state index >= 15 is 0 Å². The van der Waals surface area contributed by atoms with Gasteiger partial charge in [-0.3, -0.25) is 0 Å². The molecule has 0 aliphatic heterocycles. The van der Waals surface area contributed by atoms with Crippen LogP contribution in [0.15, 0.2) is 60.7 Å². The highest BCUT2D eigenvalue weighted by atomic mass is 14.1. The maximum atomic E-state index is 2.27. The molecule has 116 valence electrons. The third-order valence-electron chi connectivity index (χ3n) is 4.90. The first-order chi connectivity index (χ1) is 11.0. The normalized spacial score (nSPS) is 10.8. The van der Waals surface area contributed by atoms with Crippen LogP contribution in [-0.4, -0.2) is 0 Å². The van der Waals surface area contributed by atoms with Crippen molar-refractivity contribution in [1.82, 2.24) is 0 Å². The topological polar surface area (TPSA) is 0 Å². The van der Waals surface area contributed by atoms with Crippen LogP contribution < -0.4 is 0 Å². The number of aryl methyl sites for hydroxylation is 2. The van der Waals surface area contributed by atoms with Crippen LogP contribution in [0.3, 0.4) is 0 Å². The molecule has 3 aromatic rings. The molecule has 0 bridgehead atoms. The van der Waals surface area contributed by atoms with Gasteiger partial charge in [0.2, 0.25) is 0 Å². The highest BCUT2D eigenvalue weighted by Crippen LogP contribution is 2.23. The Morgan fingerprint density at radius 2 is 1.13 bits per heavy atom. The molecule has 0 aliphatic rings. The van der Waals surface area contributed by atoms with Crippen molar-refractivity contribution in [1.29, 1.82) is 0 Å². The van der Waals surface area contributed by atoms with Crippen LogP contribution in [-0.2, 0) is 6.42 Å². The molecule has 0 N–H and O–H groups in total. The minimum absolute atomic E-state index is 1.00. The molecule has 0 unspecified atom stereocenters. The Morgan fingerprint density at radius 3 is 1.74 bits per heavy atom. The average molecular weight is 300 g/mol. The van der Waals surface area contributed by atoms with E-state index in [1.54, 1.807) is 0 Å². The van der Waals surface area contributed by atoms with Gasteiger partial charge in [-0.15, -0.1) is 0 Å². The summed E-state index contributed by atoms with van der Waals surface area (Å²) in [5, 5.41) is 0. The van der Waals surface area contributed by atoms with Crippen LogP contribution in [0.5, 0.6) is 0 Å². The Labute approximate surface area is 139 Å². The van der Waals surface area contributed by atoms with Crippen LogP contribution in [0.25, 0.3) is 11.1 Å². The Balaban J connectivity index is 1.83. The van der Waals surface area contributed by atoms with Gasteiger partial charge in [0.05, 0.1) is 0 Å². The summed E-state index contributed by atoms with van der Waals surface area (Å²) in [7, 11) is 0. The van der Waals surface area contributed by atoms with Gasteiger partial charge in [-0.05, 0) is 73.1 Å². The van der Waals surface area contributed by atoms with Crippen molar-refractivity contribution in [3.63, 3.8) is 0 Å². The fraction of sp³-hybridized carbons (Fsp3) is 0.217. The molecule has 0 heterocycles. The van der Waals surface area contributed by atoms with Gasteiger partial charge >= 0.3 is 0 Å². The van der Waals surface area contributed by atoms with Crippen LogP contribution >= 0.6 is 0 Å². The highest BCUT2D eigenvalue weighted by Gasteiger charge is 2.05. The van der Waals surface area contributed by atoms with Crippen LogP contribution in [0.1, 0.15) is 33.4 Å². The third-order valence-corrected chi connectivity index (χ3v) is 4.90. The first-order valence-corrected chi connectivity index (χ1v) is 8.26. The summed E-state index contributed by atoms with van der Waals surface area (Å²) in [6.45, 7) is 8.76. The van der Waals surface area contributed by atoms with Gasteiger partial charge in [-0.2, -0.15) is 0 Å². The number of hydrogen-bond donors (Lipinski definition) is 0. The van der Waals surface area contributed by atoms with Crippen LogP contribution in [0.4, 0.5) is 0 Å². The molecule has 0 amide bonds. The molecular formula is C23H24. The monoisotopic (exact) mass is 300 g/mol. The van der Waals surface area contributed by atoms with E-state index in [2.05, 4.69) is 88.4 Å². The zero-order valence-corrected chi connectivity index (χ0v) is 14.5. The number of benzene rings is 3. The van der Waals surface area contributed by atoms with Crippen molar-refractivity contribution >= 4 is 0 Å². The maximum absolute atomic E-state index is 2.27. The van der Waals surface area contributed by atoms with Crippen molar-refractivity contribution < 1.29 is 0 Å². The summed E-state index contributed by atoms with van der Waals surface area (Å²) in [5.41, 5.74) is 10.9. The standard InChI is InChI=1S/C23H24/c1-16-5-10-21(11-6-16)22-13-8-20(9-14-22)15-23-12-7-17(2)18(3)19(23)4/h5-14H,15H2,1-4H3. The van der Waals surface area contributed by atoms with E-state index in [0.717, 1.165) is 6.42 Å². The predicted octanol–water partition coefficient (Wildman–Crippen LogP) is 6.18. The maximum Gasteiger partial charge on any atom is -0.00230 e. The first-order valence-electron chi connectivity index (χ1n) is 8.26. The fourth-order valence-corrected chi connectivity index (χ4v) is 2.98. The summed E-state index contributed by atoms with van der Waals surface area (Å²) in [6, 6.07) is 22.2. The van der Waals surface area contributed by atoms with Crippen molar-refractivity contribution in [2.45, 2.75) is 34.1 Å². The van der Waals surface area contributed by atoms with Gasteiger partial charge in [-0.25, -0.2) is 0 Å². The second kappa shape index (κ2) is 6.42.